The van der Waals surface area contributed by atoms with Crippen molar-refractivity contribution in [3.8, 4) is 5.75 Å². The first kappa shape index (κ1) is 15.5. The standard InChI is InChI=1S/C15H16O5S/c16-12(8-19-7-11-4-2-1-3-5-11)9-20-13-6-14(15(17)18)21-10-13/h1-6,10,12,16H,7-9H2,(H,17,18). The molecule has 0 aliphatic rings. The van der Waals surface area contributed by atoms with Gasteiger partial charge in [-0.05, 0) is 5.56 Å². The van der Waals surface area contributed by atoms with E-state index in [2.05, 4.69) is 0 Å². The van der Waals surface area contributed by atoms with Crippen molar-refractivity contribution in [3.05, 3.63) is 52.2 Å². The van der Waals surface area contributed by atoms with Gasteiger partial charge in [0, 0.05) is 11.4 Å². The fourth-order valence-electron chi connectivity index (χ4n) is 1.63. The zero-order valence-corrected chi connectivity index (χ0v) is 12.1. The van der Waals surface area contributed by atoms with Gasteiger partial charge in [0.05, 0.1) is 13.2 Å². The van der Waals surface area contributed by atoms with Gasteiger partial charge in [0.2, 0.25) is 0 Å². The Balaban J connectivity index is 1.67. The summed E-state index contributed by atoms with van der Waals surface area (Å²) in [4.78, 5) is 10.9. The second kappa shape index (κ2) is 7.78. The average Bonchev–Trinajstić information content (AvgIpc) is 2.95. The summed E-state index contributed by atoms with van der Waals surface area (Å²) in [5.41, 5.74) is 1.04. The molecule has 0 saturated carbocycles. The highest BCUT2D eigenvalue weighted by molar-refractivity contribution is 7.12. The van der Waals surface area contributed by atoms with Crippen LogP contribution in [-0.2, 0) is 11.3 Å². The minimum atomic E-state index is -0.985. The maximum Gasteiger partial charge on any atom is 0.346 e. The molecule has 0 aliphatic heterocycles. The lowest BCUT2D eigenvalue weighted by Crippen LogP contribution is -2.23. The summed E-state index contributed by atoms with van der Waals surface area (Å²) in [6.07, 6.45) is -0.762. The Kier molecular flexibility index (Phi) is 5.74. The Labute approximate surface area is 126 Å². The summed E-state index contributed by atoms with van der Waals surface area (Å²) in [7, 11) is 0. The van der Waals surface area contributed by atoms with Gasteiger partial charge in [-0.3, -0.25) is 0 Å². The summed E-state index contributed by atoms with van der Waals surface area (Å²) >= 11 is 1.09. The summed E-state index contributed by atoms with van der Waals surface area (Å²) in [5, 5.41) is 20.1. The van der Waals surface area contributed by atoms with Gasteiger partial charge >= 0.3 is 5.97 Å². The normalized spacial score (nSPS) is 12.0. The van der Waals surface area contributed by atoms with Crippen molar-refractivity contribution in [2.24, 2.45) is 0 Å². The molecule has 0 radical (unpaired) electrons. The third-order valence-corrected chi connectivity index (χ3v) is 3.55. The van der Waals surface area contributed by atoms with Crippen LogP contribution < -0.4 is 4.74 Å². The fourth-order valence-corrected chi connectivity index (χ4v) is 2.30. The van der Waals surface area contributed by atoms with E-state index in [0.717, 1.165) is 16.9 Å². The first-order valence-electron chi connectivity index (χ1n) is 6.39. The van der Waals surface area contributed by atoms with E-state index in [1.807, 2.05) is 30.3 Å². The van der Waals surface area contributed by atoms with Gasteiger partial charge in [-0.2, -0.15) is 0 Å². The molecule has 1 atom stereocenters. The van der Waals surface area contributed by atoms with E-state index in [-0.39, 0.29) is 18.1 Å². The topological polar surface area (TPSA) is 76.0 Å². The molecule has 2 rings (SSSR count). The molecule has 0 spiro atoms. The van der Waals surface area contributed by atoms with Crippen LogP contribution in [0.3, 0.4) is 0 Å². The average molecular weight is 308 g/mol. The summed E-state index contributed by atoms with van der Waals surface area (Å²) < 4.78 is 10.7. The molecule has 5 nitrogen and oxygen atoms in total. The number of thiophene rings is 1. The van der Waals surface area contributed by atoms with E-state index in [4.69, 9.17) is 14.6 Å². The van der Waals surface area contributed by atoms with Crippen LogP contribution >= 0.6 is 11.3 Å². The quantitative estimate of drug-likeness (QED) is 0.783. The predicted octanol–water partition coefficient (Wildman–Crippen LogP) is 2.40. The minimum absolute atomic E-state index is 0.0601. The molecule has 0 saturated heterocycles. The van der Waals surface area contributed by atoms with Crippen molar-refractivity contribution in [2.45, 2.75) is 12.7 Å². The lowest BCUT2D eigenvalue weighted by molar-refractivity contribution is 0.00556. The Hall–Kier alpha value is -1.89. The molecule has 0 fully saturated rings. The molecule has 21 heavy (non-hydrogen) atoms. The largest absolute Gasteiger partial charge is 0.490 e. The summed E-state index contributed by atoms with van der Waals surface area (Å²) in [5.74, 6) is -0.541. The molecule has 0 bridgehead atoms. The molecule has 1 aromatic heterocycles. The first-order chi connectivity index (χ1) is 10.1. The highest BCUT2D eigenvalue weighted by Crippen LogP contribution is 2.21. The van der Waals surface area contributed by atoms with Crippen LogP contribution in [0.25, 0.3) is 0 Å². The van der Waals surface area contributed by atoms with Crippen LogP contribution in [0.15, 0.2) is 41.8 Å². The Bertz CT molecular complexity index is 566. The van der Waals surface area contributed by atoms with Crippen LogP contribution in [-0.4, -0.2) is 35.5 Å². The van der Waals surface area contributed by atoms with Crippen LogP contribution in [0.1, 0.15) is 15.2 Å². The molecule has 1 heterocycles. The number of aliphatic hydroxyl groups excluding tert-OH is 1. The van der Waals surface area contributed by atoms with Crippen molar-refractivity contribution in [2.75, 3.05) is 13.2 Å². The molecule has 2 N–H and O–H groups in total. The molecular formula is C15H16O5S. The number of carboxylic acids is 1. The highest BCUT2D eigenvalue weighted by Gasteiger charge is 2.10. The monoisotopic (exact) mass is 308 g/mol. The van der Waals surface area contributed by atoms with Crippen molar-refractivity contribution in [1.29, 1.82) is 0 Å². The van der Waals surface area contributed by atoms with Gasteiger partial charge in [0.15, 0.2) is 0 Å². The van der Waals surface area contributed by atoms with E-state index in [1.165, 1.54) is 6.07 Å². The molecule has 1 aromatic carbocycles. The van der Waals surface area contributed by atoms with Crippen LogP contribution in [0.2, 0.25) is 0 Å². The number of ether oxygens (including phenoxy) is 2. The lowest BCUT2D eigenvalue weighted by Gasteiger charge is -2.12. The van der Waals surface area contributed by atoms with Gasteiger partial charge < -0.3 is 19.7 Å². The third kappa shape index (κ3) is 5.18. The number of carbonyl (C=O) groups is 1. The van der Waals surface area contributed by atoms with Crippen LogP contribution in [0, 0.1) is 0 Å². The molecule has 0 aliphatic carbocycles. The summed E-state index contributed by atoms with van der Waals surface area (Å²) in [6, 6.07) is 11.1. The Morgan fingerprint density at radius 1 is 1.24 bits per heavy atom. The second-order valence-electron chi connectivity index (χ2n) is 4.42. The lowest BCUT2D eigenvalue weighted by atomic mass is 10.2. The SMILES string of the molecule is O=C(O)c1cc(OCC(O)COCc2ccccc2)cs1. The molecular weight excluding hydrogens is 292 g/mol. The Morgan fingerprint density at radius 3 is 2.67 bits per heavy atom. The van der Waals surface area contributed by atoms with Crippen molar-refractivity contribution in [3.63, 3.8) is 0 Å². The molecule has 0 amide bonds. The van der Waals surface area contributed by atoms with Crippen molar-refractivity contribution < 1.29 is 24.5 Å². The first-order valence-corrected chi connectivity index (χ1v) is 7.27. The Morgan fingerprint density at radius 2 is 2.00 bits per heavy atom. The van der Waals surface area contributed by atoms with Crippen LogP contribution in [0.4, 0.5) is 0 Å². The molecule has 112 valence electrons. The number of benzene rings is 1. The maximum absolute atomic E-state index is 10.7. The van der Waals surface area contributed by atoms with E-state index in [0.29, 0.717) is 12.4 Å². The van der Waals surface area contributed by atoms with E-state index in [1.54, 1.807) is 5.38 Å². The smallest absolute Gasteiger partial charge is 0.346 e. The number of aromatic carboxylic acids is 1. The number of rotatable bonds is 8. The third-order valence-electron chi connectivity index (χ3n) is 2.65. The van der Waals surface area contributed by atoms with Gasteiger partial charge in [-0.1, -0.05) is 30.3 Å². The fraction of sp³-hybridized carbons (Fsp3) is 0.267. The van der Waals surface area contributed by atoms with E-state index in [9.17, 15) is 9.90 Å². The van der Waals surface area contributed by atoms with E-state index >= 15 is 0 Å². The highest BCUT2D eigenvalue weighted by atomic mass is 32.1. The van der Waals surface area contributed by atoms with Gasteiger partial charge in [-0.15, -0.1) is 11.3 Å². The van der Waals surface area contributed by atoms with E-state index < -0.39 is 12.1 Å². The van der Waals surface area contributed by atoms with Crippen molar-refractivity contribution >= 4 is 17.3 Å². The molecule has 6 heteroatoms. The number of hydrogen-bond donors (Lipinski definition) is 2. The molecule has 2 aromatic rings. The van der Waals surface area contributed by atoms with Gasteiger partial charge in [0.25, 0.3) is 0 Å². The second-order valence-corrected chi connectivity index (χ2v) is 5.33. The molecule has 1 unspecified atom stereocenters. The number of aliphatic hydroxyl groups is 1. The number of hydrogen-bond acceptors (Lipinski definition) is 5. The van der Waals surface area contributed by atoms with Crippen molar-refractivity contribution in [1.82, 2.24) is 0 Å². The zero-order valence-electron chi connectivity index (χ0n) is 11.3. The maximum atomic E-state index is 10.7. The predicted molar refractivity (Wildman–Crippen MR) is 78.9 cm³/mol. The zero-order chi connectivity index (χ0) is 15.1. The van der Waals surface area contributed by atoms with Gasteiger partial charge in [0.1, 0.15) is 23.3 Å². The van der Waals surface area contributed by atoms with Gasteiger partial charge in [-0.25, -0.2) is 4.79 Å². The summed E-state index contributed by atoms with van der Waals surface area (Å²) in [6.45, 7) is 0.648. The minimum Gasteiger partial charge on any atom is -0.490 e. The van der Waals surface area contributed by atoms with Crippen LogP contribution in [0.5, 0.6) is 5.75 Å². The number of carboxylic acid groups (broad SMARTS) is 1.